The van der Waals surface area contributed by atoms with Crippen LogP contribution in [-0.4, -0.2) is 9.97 Å². The van der Waals surface area contributed by atoms with Crippen molar-refractivity contribution < 1.29 is 4.84 Å². The fourth-order valence-corrected chi connectivity index (χ4v) is 1.69. The third kappa shape index (κ3) is 2.36. The number of hydrogen-bond donors (Lipinski definition) is 1. The molecule has 1 aromatic carbocycles. The van der Waals surface area contributed by atoms with Gasteiger partial charge in [-0.3, -0.25) is 4.84 Å². The van der Waals surface area contributed by atoms with Crippen molar-refractivity contribution >= 4 is 11.6 Å². The molecule has 0 amide bonds. The van der Waals surface area contributed by atoms with Gasteiger partial charge in [0.2, 0.25) is 0 Å². The number of hydrogen-bond acceptors (Lipinski definition) is 4. The Morgan fingerprint density at radius 1 is 1.25 bits per heavy atom. The summed E-state index contributed by atoms with van der Waals surface area (Å²) in [6.07, 6.45) is 4.95. The molecule has 2 N–H and O–H groups in total. The van der Waals surface area contributed by atoms with Gasteiger partial charge in [0.1, 0.15) is 6.33 Å². The van der Waals surface area contributed by atoms with E-state index in [-0.39, 0.29) is 0 Å². The summed E-state index contributed by atoms with van der Waals surface area (Å²) >= 11 is 5.91. The highest BCUT2D eigenvalue weighted by Crippen LogP contribution is 2.25. The molecule has 16 heavy (non-hydrogen) atoms. The quantitative estimate of drug-likeness (QED) is 0.829. The van der Waals surface area contributed by atoms with E-state index < -0.39 is 0 Å². The molecule has 0 radical (unpaired) electrons. The van der Waals surface area contributed by atoms with Crippen molar-refractivity contribution in [1.29, 1.82) is 0 Å². The Morgan fingerprint density at radius 2 is 2.00 bits per heavy atom. The number of aromatic nitrogens is 2. The predicted octanol–water partition coefficient (Wildman–Crippen LogP) is 2.19. The average Bonchev–Trinajstić information content (AvgIpc) is 2.31. The maximum Gasteiger partial charge on any atom is 0.115 e. The second-order valence-electron chi connectivity index (χ2n) is 3.24. The summed E-state index contributed by atoms with van der Waals surface area (Å²) in [7, 11) is 0. The molecule has 1 aromatic heterocycles. The molecule has 0 unspecified atom stereocenters. The van der Waals surface area contributed by atoms with Crippen LogP contribution in [0.5, 0.6) is 0 Å². The van der Waals surface area contributed by atoms with E-state index in [0.29, 0.717) is 11.6 Å². The Kier molecular flexibility index (Phi) is 3.46. The lowest BCUT2D eigenvalue weighted by molar-refractivity contribution is 0.124. The van der Waals surface area contributed by atoms with E-state index in [9.17, 15) is 0 Å². The zero-order chi connectivity index (χ0) is 11.4. The van der Waals surface area contributed by atoms with Gasteiger partial charge in [-0.1, -0.05) is 17.7 Å². The fourth-order valence-electron chi connectivity index (χ4n) is 1.49. The van der Waals surface area contributed by atoms with Gasteiger partial charge >= 0.3 is 0 Å². The van der Waals surface area contributed by atoms with Gasteiger partial charge in [-0.25, -0.2) is 15.9 Å². The largest absolute Gasteiger partial charge is 0.300 e. The lowest BCUT2D eigenvalue weighted by Crippen LogP contribution is -2.00. The van der Waals surface area contributed by atoms with E-state index in [4.69, 9.17) is 17.5 Å². The highest BCUT2D eigenvalue weighted by atomic mass is 35.5. The number of nitrogens with two attached hydrogens (primary N) is 1. The Hall–Kier alpha value is -1.49. The standard InChI is InChI=1S/C11H10ClN3O/c12-10-1-2-11(8(3-10)6-16-13)9-4-14-7-15-5-9/h1-5,7H,6,13H2. The van der Waals surface area contributed by atoms with Crippen LogP contribution >= 0.6 is 11.6 Å². The predicted molar refractivity (Wildman–Crippen MR) is 61.5 cm³/mol. The van der Waals surface area contributed by atoms with Gasteiger partial charge in [-0.2, -0.15) is 0 Å². The van der Waals surface area contributed by atoms with Crippen molar-refractivity contribution in [2.45, 2.75) is 6.61 Å². The Labute approximate surface area is 98.0 Å². The number of rotatable bonds is 3. The van der Waals surface area contributed by atoms with Crippen LogP contribution in [0.1, 0.15) is 5.56 Å². The highest BCUT2D eigenvalue weighted by Gasteiger charge is 2.06. The first-order valence-electron chi connectivity index (χ1n) is 4.67. The molecule has 1 heterocycles. The molecule has 0 atom stereocenters. The molecule has 0 aliphatic heterocycles. The maximum atomic E-state index is 5.91. The summed E-state index contributed by atoms with van der Waals surface area (Å²) in [6.45, 7) is 0.296. The minimum Gasteiger partial charge on any atom is -0.300 e. The van der Waals surface area contributed by atoms with Crippen LogP contribution in [0.4, 0.5) is 0 Å². The minimum atomic E-state index is 0.296. The zero-order valence-corrected chi connectivity index (χ0v) is 9.19. The van der Waals surface area contributed by atoms with Crippen LogP contribution in [0, 0.1) is 0 Å². The van der Waals surface area contributed by atoms with Crippen LogP contribution in [0.2, 0.25) is 5.02 Å². The molecule has 0 spiro atoms. The van der Waals surface area contributed by atoms with Gasteiger partial charge in [0.15, 0.2) is 0 Å². The summed E-state index contributed by atoms with van der Waals surface area (Å²) < 4.78 is 0. The zero-order valence-electron chi connectivity index (χ0n) is 8.43. The SMILES string of the molecule is NOCc1cc(Cl)ccc1-c1cncnc1. The van der Waals surface area contributed by atoms with Gasteiger partial charge in [-0.05, 0) is 23.3 Å². The van der Waals surface area contributed by atoms with E-state index in [1.54, 1.807) is 12.4 Å². The second kappa shape index (κ2) is 5.03. The normalized spacial score (nSPS) is 10.4. The van der Waals surface area contributed by atoms with E-state index >= 15 is 0 Å². The van der Waals surface area contributed by atoms with Crippen molar-refractivity contribution in [2.75, 3.05) is 0 Å². The first kappa shape index (κ1) is 11.0. The van der Waals surface area contributed by atoms with Gasteiger partial charge < -0.3 is 0 Å². The summed E-state index contributed by atoms with van der Waals surface area (Å²) in [5, 5.41) is 0.646. The van der Waals surface area contributed by atoms with Crippen LogP contribution in [0.15, 0.2) is 36.9 Å². The molecule has 82 valence electrons. The van der Waals surface area contributed by atoms with Crippen molar-refractivity contribution in [3.63, 3.8) is 0 Å². The third-order valence-electron chi connectivity index (χ3n) is 2.18. The fraction of sp³-hybridized carbons (Fsp3) is 0.0909. The summed E-state index contributed by atoms with van der Waals surface area (Å²) in [4.78, 5) is 12.6. The molecule has 2 aromatic rings. The lowest BCUT2D eigenvalue weighted by atomic mass is 10.0. The van der Waals surface area contributed by atoms with E-state index in [1.165, 1.54) is 6.33 Å². The van der Waals surface area contributed by atoms with Gasteiger partial charge in [0, 0.05) is 23.0 Å². The number of nitrogens with zero attached hydrogens (tertiary/aromatic N) is 2. The van der Waals surface area contributed by atoms with Crippen LogP contribution in [-0.2, 0) is 11.4 Å². The Balaban J connectivity index is 2.48. The van der Waals surface area contributed by atoms with Gasteiger partial charge in [-0.15, -0.1) is 0 Å². The molecule has 0 bridgehead atoms. The molecule has 0 fully saturated rings. The Bertz CT molecular complexity index is 476. The molecule has 0 aliphatic carbocycles. The van der Waals surface area contributed by atoms with Crippen molar-refractivity contribution in [2.24, 2.45) is 5.90 Å². The van der Waals surface area contributed by atoms with Gasteiger partial charge in [0.25, 0.3) is 0 Å². The highest BCUT2D eigenvalue weighted by molar-refractivity contribution is 6.30. The number of benzene rings is 1. The monoisotopic (exact) mass is 235 g/mol. The van der Waals surface area contributed by atoms with Crippen LogP contribution in [0.3, 0.4) is 0 Å². The summed E-state index contributed by atoms with van der Waals surface area (Å²) in [5.41, 5.74) is 2.78. The Morgan fingerprint density at radius 3 is 2.69 bits per heavy atom. The van der Waals surface area contributed by atoms with E-state index in [0.717, 1.165) is 16.7 Å². The molecule has 5 heteroatoms. The van der Waals surface area contributed by atoms with Crippen molar-refractivity contribution in [3.8, 4) is 11.1 Å². The molecule has 4 nitrogen and oxygen atoms in total. The van der Waals surface area contributed by atoms with Crippen LogP contribution in [0.25, 0.3) is 11.1 Å². The molecule has 2 rings (SSSR count). The lowest BCUT2D eigenvalue weighted by Gasteiger charge is -2.08. The van der Waals surface area contributed by atoms with E-state index in [1.807, 2.05) is 18.2 Å². The van der Waals surface area contributed by atoms with Gasteiger partial charge in [0.05, 0.1) is 6.61 Å². The molecule has 0 saturated heterocycles. The topological polar surface area (TPSA) is 61.0 Å². The first-order valence-corrected chi connectivity index (χ1v) is 5.04. The molecular formula is C11H10ClN3O. The molecule has 0 aliphatic rings. The summed E-state index contributed by atoms with van der Waals surface area (Å²) in [5.74, 6) is 5.08. The number of halogens is 1. The second-order valence-corrected chi connectivity index (χ2v) is 3.68. The van der Waals surface area contributed by atoms with E-state index in [2.05, 4.69) is 14.8 Å². The van der Waals surface area contributed by atoms with Crippen LogP contribution < -0.4 is 5.90 Å². The third-order valence-corrected chi connectivity index (χ3v) is 2.41. The average molecular weight is 236 g/mol. The smallest absolute Gasteiger partial charge is 0.115 e. The van der Waals surface area contributed by atoms with Crippen molar-refractivity contribution in [1.82, 2.24) is 9.97 Å². The first-order chi connectivity index (χ1) is 7.81. The molecular weight excluding hydrogens is 226 g/mol. The minimum absolute atomic E-state index is 0.296. The summed E-state index contributed by atoms with van der Waals surface area (Å²) in [6, 6.07) is 5.52. The van der Waals surface area contributed by atoms with Crippen molar-refractivity contribution in [3.05, 3.63) is 47.5 Å². The molecule has 0 saturated carbocycles. The maximum absolute atomic E-state index is 5.91.